The van der Waals surface area contributed by atoms with Crippen molar-refractivity contribution in [3.8, 4) is 0 Å². The summed E-state index contributed by atoms with van der Waals surface area (Å²) < 4.78 is 0. The topological polar surface area (TPSA) is 29.1 Å². The minimum Gasteiger partial charge on any atom is -0.355 e. The Balaban J connectivity index is 2.69. The van der Waals surface area contributed by atoms with Crippen LogP contribution in [0.15, 0.2) is 24.3 Å². The van der Waals surface area contributed by atoms with Crippen LogP contribution in [-0.2, 0) is 10.2 Å². The van der Waals surface area contributed by atoms with Crippen molar-refractivity contribution in [1.82, 2.24) is 5.32 Å². The first kappa shape index (κ1) is 14.0. The van der Waals surface area contributed by atoms with Crippen LogP contribution in [0.5, 0.6) is 0 Å². The summed E-state index contributed by atoms with van der Waals surface area (Å²) in [7, 11) is 0. The molecule has 0 heterocycles. The zero-order chi connectivity index (χ0) is 12.9. The molecule has 1 rings (SSSR count). The van der Waals surface area contributed by atoms with E-state index in [2.05, 4.69) is 38.2 Å². The SMILES string of the molecule is Cc1ccccc1C(C)(C)CNC(=O)CCCl. The van der Waals surface area contributed by atoms with Crippen LogP contribution in [-0.4, -0.2) is 18.3 Å². The van der Waals surface area contributed by atoms with E-state index in [0.29, 0.717) is 18.8 Å². The van der Waals surface area contributed by atoms with Crippen molar-refractivity contribution in [2.45, 2.75) is 32.6 Å². The standard InChI is InChI=1S/C14H20ClNO/c1-11-6-4-5-7-12(11)14(2,3)10-16-13(17)8-9-15/h4-7H,8-10H2,1-3H3,(H,16,17). The molecule has 1 N–H and O–H groups in total. The Labute approximate surface area is 108 Å². The molecular formula is C14H20ClNO. The predicted octanol–water partition coefficient (Wildman–Crippen LogP) is 3.02. The second-order valence-corrected chi connectivity index (χ2v) is 5.29. The van der Waals surface area contributed by atoms with Gasteiger partial charge in [-0.15, -0.1) is 11.6 Å². The second kappa shape index (κ2) is 6.06. The number of hydrogen-bond acceptors (Lipinski definition) is 1. The molecule has 1 aromatic carbocycles. The molecule has 0 saturated heterocycles. The lowest BCUT2D eigenvalue weighted by Gasteiger charge is -2.27. The minimum atomic E-state index is -0.0622. The Hall–Kier alpha value is -1.02. The van der Waals surface area contributed by atoms with E-state index in [1.165, 1.54) is 11.1 Å². The van der Waals surface area contributed by atoms with Gasteiger partial charge >= 0.3 is 0 Å². The van der Waals surface area contributed by atoms with Gasteiger partial charge in [-0.3, -0.25) is 4.79 Å². The number of aryl methyl sites for hydroxylation is 1. The third-order valence-corrected chi connectivity index (χ3v) is 3.11. The Morgan fingerprint density at radius 1 is 1.35 bits per heavy atom. The van der Waals surface area contributed by atoms with E-state index < -0.39 is 0 Å². The average Bonchev–Trinajstić information content (AvgIpc) is 2.27. The second-order valence-electron chi connectivity index (χ2n) is 4.91. The van der Waals surface area contributed by atoms with Crippen molar-refractivity contribution in [3.05, 3.63) is 35.4 Å². The van der Waals surface area contributed by atoms with Gasteiger partial charge in [0, 0.05) is 24.3 Å². The summed E-state index contributed by atoms with van der Waals surface area (Å²) in [6, 6.07) is 8.27. The van der Waals surface area contributed by atoms with Gasteiger partial charge in [0.05, 0.1) is 0 Å². The lowest BCUT2D eigenvalue weighted by molar-refractivity contribution is -0.120. The summed E-state index contributed by atoms with van der Waals surface area (Å²) in [6.45, 7) is 7.00. The number of carbonyl (C=O) groups excluding carboxylic acids is 1. The molecule has 0 radical (unpaired) electrons. The van der Waals surface area contributed by atoms with Gasteiger partial charge in [-0.05, 0) is 18.1 Å². The van der Waals surface area contributed by atoms with Crippen LogP contribution in [0.1, 0.15) is 31.4 Å². The van der Waals surface area contributed by atoms with Gasteiger partial charge in [0.1, 0.15) is 0 Å². The van der Waals surface area contributed by atoms with Crippen LogP contribution >= 0.6 is 11.6 Å². The molecule has 0 unspecified atom stereocenters. The molecule has 0 fully saturated rings. The smallest absolute Gasteiger partial charge is 0.221 e. The molecular weight excluding hydrogens is 234 g/mol. The van der Waals surface area contributed by atoms with E-state index in [0.717, 1.165) is 0 Å². The average molecular weight is 254 g/mol. The quantitative estimate of drug-likeness (QED) is 0.803. The number of amides is 1. The Morgan fingerprint density at radius 3 is 2.59 bits per heavy atom. The molecule has 0 aliphatic heterocycles. The lowest BCUT2D eigenvalue weighted by Crippen LogP contribution is -2.37. The Morgan fingerprint density at radius 2 is 2.00 bits per heavy atom. The van der Waals surface area contributed by atoms with Crippen molar-refractivity contribution in [2.75, 3.05) is 12.4 Å². The number of rotatable bonds is 5. The van der Waals surface area contributed by atoms with Crippen LogP contribution in [0.25, 0.3) is 0 Å². The highest BCUT2D eigenvalue weighted by Crippen LogP contribution is 2.25. The maximum absolute atomic E-state index is 11.4. The summed E-state index contributed by atoms with van der Waals surface area (Å²) in [4.78, 5) is 11.4. The van der Waals surface area contributed by atoms with E-state index >= 15 is 0 Å². The Kier molecular flexibility index (Phi) is 5.01. The van der Waals surface area contributed by atoms with Gasteiger partial charge in [0.2, 0.25) is 5.91 Å². The number of alkyl halides is 1. The first-order valence-electron chi connectivity index (χ1n) is 5.86. The van der Waals surface area contributed by atoms with Crippen LogP contribution in [0.4, 0.5) is 0 Å². The maximum Gasteiger partial charge on any atom is 0.221 e. The molecule has 3 heteroatoms. The van der Waals surface area contributed by atoms with E-state index in [9.17, 15) is 4.79 Å². The fraction of sp³-hybridized carbons (Fsp3) is 0.500. The van der Waals surface area contributed by atoms with Crippen molar-refractivity contribution in [1.29, 1.82) is 0 Å². The minimum absolute atomic E-state index is 0.0154. The molecule has 0 spiro atoms. The number of carbonyl (C=O) groups is 1. The van der Waals surface area contributed by atoms with Crippen molar-refractivity contribution in [2.24, 2.45) is 0 Å². The van der Waals surface area contributed by atoms with Gasteiger partial charge in [-0.2, -0.15) is 0 Å². The van der Waals surface area contributed by atoms with Gasteiger partial charge in [-0.25, -0.2) is 0 Å². The van der Waals surface area contributed by atoms with E-state index in [-0.39, 0.29) is 11.3 Å². The van der Waals surface area contributed by atoms with Gasteiger partial charge in [0.15, 0.2) is 0 Å². The molecule has 0 aliphatic carbocycles. The molecule has 0 aliphatic rings. The third kappa shape index (κ3) is 4.04. The molecule has 94 valence electrons. The Bertz CT molecular complexity index is 388. The fourth-order valence-corrected chi connectivity index (χ4v) is 2.09. The van der Waals surface area contributed by atoms with Crippen molar-refractivity contribution in [3.63, 3.8) is 0 Å². The van der Waals surface area contributed by atoms with Gasteiger partial charge in [0.25, 0.3) is 0 Å². The molecule has 0 bridgehead atoms. The first-order valence-corrected chi connectivity index (χ1v) is 6.39. The molecule has 0 atom stereocenters. The summed E-state index contributed by atoms with van der Waals surface area (Å²) in [6.07, 6.45) is 0.380. The third-order valence-electron chi connectivity index (χ3n) is 2.92. The summed E-state index contributed by atoms with van der Waals surface area (Å²) in [5.41, 5.74) is 2.46. The molecule has 1 aromatic rings. The number of hydrogen-bond donors (Lipinski definition) is 1. The molecule has 0 aromatic heterocycles. The normalized spacial score (nSPS) is 11.3. The van der Waals surface area contributed by atoms with E-state index in [4.69, 9.17) is 11.6 Å². The summed E-state index contributed by atoms with van der Waals surface area (Å²) in [5.74, 6) is 0.387. The number of benzene rings is 1. The van der Waals surface area contributed by atoms with Crippen molar-refractivity contribution >= 4 is 17.5 Å². The molecule has 1 amide bonds. The number of halogens is 1. The van der Waals surface area contributed by atoms with E-state index in [1.807, 2.05) is 12.1 Å². The zero-order valence-corrected chi connectivity index (χ0v) is 11.5. The van der Waals surface area contributed by atoms with Crippen LogP contribution in [0, 0.1) is 6.92 Å². The summed E-state index contributed by atoms with van der Waals surface area (Å²) in [5, 5.41) is 2.93. The fourth-order valence-electron chi connectivity index (χ4n) is 1.92. The predicted molar refractivity (Wildman–Crippen MR) is 72.6 cm³/mol. The van der Waals surface area contributed by atoms with Crippen LogP contribution < -0.4 is 5.32 Å². The van der Waals surface area contributed by atoms with Crippen molar-refractivity contribution < 1.29 is 4.79 Å². The monoisotopic (exact) mass is 253 g/mol. The highest BCUT2D eigenvalue weighted by molar-refractivity contribution is 6.18. The largest absolute Gasteiger partial charge is 0.355 e. The van der Waals surface area contributed by atoms with Gasteiger partial charge < -0.3 is 5.32 Å². The summed E-state index contributed by atoms with van der Waals surface area (Å²) >= 11 is 5.53. The highest BCUT2D eigenvalue weighted by atomic mass is 35.5. The zero-order valence-electron chi connectivity index (χ0n) is 10.7. The number of nitrogens with one attached hydrogen (secondary N) is 1. The first-order chi connectivity index (χ1) is 7.97. The van der Waals surface area contributed by atoms with E-state index in [1.54, 1.807) is 0 Å². The van der Waals surface area contributed by atoms with Crippen LogP contribution in [0.2, 0.25) is 0 Å². The molecule has 2 nitrogen and oxygen atoms in total. The maximum atomic E-state index is 11.4. The molecule has 17 heavy (non-hydrogen) atoms. The lowest BCUT2D eigenvalue weighted by atomic mass is 9.82. The van der Waals surface area contributed by atoms with Crippen LogP contribution in [0.3, 0.4) is 0 Å². The molecule has 0 saturated carbocycles. The highest BCUT2D eigenvalue weighted by Gasteiger charge is 2.22. The van der Waals surface area contributed by atoms with Gasteiger partial charge in [-0.1, -0.05) is 38.1 Å².